The number of imidazole rings is 1. The number of carbonyl (C=O) groups is 1. The predicted molar refractivity (Wildman–Crippen MR) is 89.8 cm³/mol. The van der Waals surface area contributed by atoms with Crippen molar-refractivity contribution in [3.63, 3.8) is 0 Å². The van der Waals surface area contributed by atoms with E-state index in [9.17, 15) is 4.79 Å². The number of carbonyl (C=O) groups excluding carboxylic acids is 1. The zero-order valence-electron chi connectivity index (χ0n) is 12.9. The second-order valence-electron chi connectivity index (χ2n) is 6.32. The van der Waals surface area contributed by atoms with Gasteiger partial charge in [0.05, 0.1) is 6.33 Å². The minimum atomic E-state index is -0.371. The van der Waals surface area contributed by atoms with E-state index in [1.54, 1.807) is 0 Å². The molecule has 1 amide bonds. The number of hydrogen-bond acceptors (Lipinski definition) is 5. The minimum Gasteiger partial charge on any atom is -0.356 e. The molecule has 120 valence electrons. The van der Waals surface area contributed by atoms with E-state index >= 15 is 0 Å². The first-order chi connectivity index (χ1) is 11.8. The smallest absolute Gasteiger partial charge is 0.247 e. The Morgan fingerprint density at radius 2 is 2.04 bits per heavy atom. The molecular weight excluding hydrogens is 304 g/mol. The molecule has 3 heterocycles. The van der Waals surface area contributed by atoms with Crippen molar-refractivity contribution in [2.75, 3.05) is 10.6 Å². The molecule has 1 saturated carbocycles. The van der Waals surface area contributed by atoms with Crippen LogP contribution in [0, 0.1) is 0 Å². The summed E-state index contributed by atoms with van der Waals surface area (Å²) in [6.45, 7) is 0. The Labute approximate surface area is 138 Å². The van der Waals surface area contributed by atoms with Gasteiger partial charge in [0.15, 0.2) is 11.5 Å². The first-order valence-electron chi connectivity index (χ1n) is 8.12. The summed E-state index contributed by atoms with van der Waals surface area (Å²) < 4.78 is 2.10. The quantitative estimate of drug-likeness (QED) is 0.772. The second kappa shape index (κ2) is 5.02. The lowest BCUT2D eigenvalue weighted by Crippen LogP contribution is -2.40. The summed E-state index contributed by atoms with van der Waals surface area (Å²) in [6.07, 6.45) is 6.30. The van der Waals surface area contributed by atoms with Crippen molar-refractivity contribution in [1.29, 1.82) is 0 Å². The van der Waals surface area contributed by atoms with Crippen molar-refractivity contribution in [3.8, 4) is 0 Å². The highest BCUT2D eigenvalue weighted by molar-refractivity contribution is 6.00. The lowest BCUT2D eigenvalue weighted by Gasteiger charge is -2.25. The number of anilines is 2. The summed E-state index contributed by atoms with van der Waals surface area (Å²) >= 11 is 0. The molecule has 1 aliphatic heterocycles. The van der Waals surface area contributed by atoms with E-state index in [0.29, 0.717) is 18.3 Å². The summed E-state index contributed by atoms with van der Waals surface area (Å²) in [5.74, 6) is 0.556. The van der Waals surface area contributed by atoms with E-state index in [2.05, 4.69) is 30.2 Å². The Kier molecular flexibility index (Phi) is 2.82. The Balaban J connectivity index is 1.48. The van der Waals surface area contributed by atoms with Gasteiger partial charge in [0.2, 0.25) is 5.91 Å². The number of nitrogens with one attached hydrogen (secondary N) is 2. The zero-order chi connectivity index (χ0) is 16.1. The first-order valence-corrected chi connectivity index (χ1v) is 8.12. The number of nitrogens with zero attached hydrogens (tertiary/aromatic N) is 4. The number of rotatable bonds is 3. The third-order valence-corrected chi connectivity index (χ3v) is 4.63. The first kappa shape index (κ1) is 13.5. The second-order valence-corrected chi connectivity index (χ2v) is 6.32. The fourth-order valence-electron chi connectivity index (χ4n) is 3.21. The van der Waals surface area contributed by atoms with Crippen molar-refractivity contribution < 1.29 is 4.79 Å². The molecule has 1 aromatic carbocycles. The Morgan fingerprint density at radius 1 is 1.17 bits per heavy atom. The van der Waals surface area contributed by atoms with Crippen molar-refractivity contribution in [1.82, 2.24) is 19.5 Å². The lowest BCUT2D eigenvalue weighted by atomic mass is 9.99. The van der Waals surface area contributed by atoms with Crippen molar-refractivity contribution >= 4 is 28.6 Å². The van der Waals surface area contributed by atoms with E-state index in [4.69, 9.17) is 0 Å². The highest BCUT2D eigenvalue weighted by Crippen LogP contribution is 2.37. The van der Waals surface area contributed by atoms with Crippen LogP contribution in [-0.4, -0.2) is 31.5 Å². The van der Waals surface area contributed by atoms with Crippen molar-refractivity contribution in [3.05, 3.63) is 42.5 Å². The molecule has 0 radical (unpaired) electrons. The predicted octanol–water partition coefficient (Wildman–Crippen LogP) is 2.14. The van der Waals surface area contributed by atoms with Crippen LogP contribution in [0.3, 0.4) is 0 Å². The highest BCUT2D eigenvalue weighted by atomic mass is 16.2. The molecule has 1 atom stereocenters. The zero-order valence-corrected chi connectivity index (χ0v) is 12.9. The molecule has 1 aliphatic carbocycles. The van der Waals surface area contributed by atoms with Crippen LogP contribution in [0.4, 0.5) is 11.5 Å². The number of hydrogen-bond donors (Lipinski definition) is 2. The van der Waals surface area contributed by atoms with Crippen LogP contribution in [0.25, 0.3) is 11.2 Å². The maximum atomic E-state index is 12.4. The topological polar surface area (TPSA) is 84.7 Å². The molecule has 2 N–H and O–H groups in total. The van der Waals surface area contributed by atoms with E-state index in [1.165, 1.54) is 19.2 Å². The van der Waals surface area contributed by atoms with Gasteiger partial charge in [0.25, 0.3) is 0 Å². The summed E-state index contributed by atoms with van der Waals surface area (Å²) in [5.41, 5.74) is 3.54. The molecule has 2 aromatic heterocycles. The molecule has 1 unspecified atom stereocenters. The molecule has 7 nitrogen and oxygen atoms in total. The number of fused-ring (bicyclic) bond motifs is 2. The molecular formula is C17H16N6O. The van der Waals surface area contributed by atoms with Gasteiger partial charge in [-0.15, -0.1) is 0 Å². The lowest BCUT2D eigenvalue weighted by molar-refractivity contribution is -0.117. The van der Waals surface area contributed by atoms with Gasteiger partial charge < -0.3 is 15.2 Å². The SMILES string of the molecule is O=C1Nc2ccccc2CC1Nc1ncnc2c1ncn2C1CC1. The van der Waals surface area contributed by atoms with Crippen molar-refractivity contribution in [2.24, 2.45) is 0 Å². The molecule has 5 rings (SSSR count). The van der Waals surface area contributed by atoms with Crippen LogP contribution in [0.15, 0.2) is 36.9 Å². The molecule has 2 aliphatic rings. The number of benzene rings is 1. The fraction of sp³-hybridized carbons (Fsp3) is 0.294. The molecule has 0 saturated heterocycles. The van der Waals surface area contributed by atoms with Crippen molar-refractivity contribution in [2.45, 2.75) is 31.3 Å². The van der Waals surface area contributed by atoms with Gasteiger partial charge in [0.1, 0.15) is 17.9 Å². The van der Waals surface area contributed by atoms with Crippen LogP contribution in [0.5, 0.6) is 0 Å². The van der Waals surface area contributed by atoms with Gasteiger partial charge in [-0.2, -0.15) is 0 Å². The Bertz CT molecular complexity index is 945. The molecule has 0 spiro atoms. The van der Waals surface area contributed by atoms with Gasteiger partial charge in [-0.1, -0.05) is 18.2 Å². The van der Waals surface area contributed by atoms with E-state index in [-0.39, 0.29) is 11.9 Å². The normalized spacial score (nSPS) is 19.8. The third-order valence-electron chi connectivity index (χ3n) is 4.63. The fourth-order valence-corrected chi connectivity index (χ4v) is 3.21. The highest BCUT2D eigenvalue weighted by Gasteiger charge is 2.29. The third kappa shape index (κ3) is 2.12. The molecule has 0 bridgehead atoms. The standard InChI is InChI=1S/C17H16N6O/c24-17-13(7-10-3-1-2-4-12(10)22-17)21-15-14-16(19-8-18-15)23(9-20-14)11-5-6-11/h1-4,8-9,11,13H,5-7H2,(H,22,24)(H,18,19,21). The van der Waals surface area contributed by atoms with Crippen LogP contribution in [-0.2, 0) is 11.2 Å². The number of para-hydroxylation sites is 1. The maximum Gasteiger partial charge on any atom is 0.247 e. The summed E-state index contributed by atoms with van der Waals surface area (Å²) in [5, 5.41) is 6.19. The average Bonchev–Trinajstić information content (AvgIpc) is 3.35. The van der Waals surface area contributed by atoms with Crippen LogP contribution in [0.2, 0.25) is 0 Å². The van der Waals surface area contributed by atoms with E-state index < -0.39 is 0 Å². The summed E-state index contributed by atoms with van der Waals surface area (Å²) in [7, 11) is 0. The number of amides is 1. The van der Waals surface area contributed by atoms with Gasteiger partial charge in [-0.25, -0.2) is 15.0 Å². The average molecular weight is 320 g/mol. The van der Waals surface area contributed by atoms with Gasteiger partial charge >= 0.3 is 0 Å². The minimum absolute atomic E-state index is 0.0536. The van der Waals surface area contributed by atoms with E-state index in [0.717, 1.165) is 22.4 Å². The molecule has 7 heteroatoms. The number of aromatic nitrogens is 4. The Hall–Kier alpha value is -2.96. The monoisotopic (exact) mass is 320 g/mol. The van der Waals surface area contributed by atoms with Crippen LogP contribution < -0.4 is 10.6 Å². The van der Waals surface area contributed by atoms with Gasteiger partial charge in [-0.3, -0.25) is 4.79 Å². The molecule has 24 heavy (non-hydrogen) atoms. The van der Waals surface area contributed by atoms with Crippen LogP contribution >= 0.6 is 0 Å². The maximum absolute atomic E-state index is 12.4. The Morgan fingerprint density at radius 3 is 2.92 bits per heavy atom. The van der Waals surface area contributed by atoms with Crippen LogP contribution in [0.1, 0.15) is 24.4 Å². The largest absolute Gasteiger partial charge is 0.356 e. The van der Waals surface area contributed by atoms with Gasteiger partial charge in [-0.05, 0) is 24.5 Å². The molecule has 3 aromatic rings. The van der Waals surface area contributed by atoms with Gasteiger partial charge in [0, 0.05) is 18.2 Å². The van der Waals surface area contributed by atoms with E-state index in [1.807, 2.05) is 30.6 Å². The summed E-state index contributed by atoms with van der Waals surface area (Å²) in [4.78, 5) is 25.5. The molecule has 1 fully saturated rings. The summed E-state index contributed by atoms with van der Waals surface area (Å²) in [6, 6.07) is 7.98.